The summed E-state index contributed by atoms with van der Waals surface area (Å²) in [4.78, 5) is 17.6. The van der Waals surface area contributed by atoms with Crippen LogP contribution in [0.2, 0.25) is 0 Å². The first-order valence-corrected chi connectivity index (χ1v) is 6.93. The quantitative estimate of drug-likeness (QED) is 0.606. The molecule has 2 rings (SSSR count). The van der Waals surface area contributed by atoms with E-state index < -0.39 is 0 Å². The minimum Gasteiger partial charge on any atom is -0.341 e. The molecule has 1 unspecified atom stereocenters. The van der Waals surface area contributed by atoms with Gasteiger partial charge in [-0.3, -0.25) is 5.43 Å². The number of nitrogen functional groups attached to an aromatic ring is 1. The second-order valence-electron chi connectivity index (χ2n) is 4.76. The molecular weight excluding hydrogens is 242 g/mol. The molecule has 1 aromatic heterocycles. The molecule has 7 heteroatoms. The molecule has 3 N–H and O–H groups in total. The summed E-state index contributed by atoms with van der Waals surface area (Å²) < 4.78 is 0. The number of anilines is 3. The summed E-state index contributed by atoms with van der Waals surface area (Å²) in [6, 6.07) is 0.470. The molecule has 19 heavy (non-hydrogen) atoms. The van der Waals surface area contributed by atoms with E-state index in [2.05, 4.69) is 50.9 Å². The van der Waals surface area contributed by atoms with E-state index in [1.165, 1.54) is 12.8 Å². The van der Waals surface area contributed by atoms with Crippen molar-refractivity contribution in [3.8, 4) is 0 Å². The normalized spacial score (nSPS) is 18.7. The van der Waals surface area contributed by atoms with E-state index in [0.29, 0.717) is 17.9 Å². The Kier molecular flexibility index (Phi) is 4.36. The zero-order valence-electron chi connectivity index (χ0n) is 11.9. The molecule has 1 atom stereocenters. The van der Waals surface area contributed by atoms with Gasteiger partial charge in [-0.1, -0.05) is 0 Å². The fraction of sp³-hybridized carbons (Fsp3) is 0.750. The third kappa shape index (κ3) is 2.86. The molecule has 0 aliphatic carbocycles. The number of nitrogens with zero attached hydrogens (tertiary/aromatic N) is 5. The van der Waals surface area contributed by atoms with Crippen molar-refractivity contribution in [2.75, 3.05) is 34.9 Å². The zero-order valence-corrected chi connectivity index (χ0v) is 11.9. The maximum atomic E-state index is 5.46. The Morgan fingerprint density at radius 1 is 1.32 bits per heavy atom. The van der Waals surface area contributed by atoms with Crippen molar-refractivity contribution in [1.82, 2.24) is 15.0 Å². The van der Waals surface area contributed by atoms with Crippen molar-refractivity contribution >= 4 is 17.8 Å². The van der Waals surface area contributed by atoms with E-state index in [-0.39, 0.29) is 0 Å². The van der Waals surface area contributed by atoms with Crippen LogP contribution in [0.3, 0.4) is 0 Å². The van der Waals surface area contributed by atoms with Gasteiger partial charge in [0, 0.05) is 25.7 Å². The zero-order chi connectivity index (χ0) is 13.8. The third-order valence-corrected chi connectivity index (χ3v) is 3.60. The number of hydrogen-bond donors (Lipinski definition) is 2. The molecule has 0 saturated carbocycles. The summed E-state index contributed by atoms with van der Waals surface area (Å²) in [6.45, 7) is 9.08. The van der Waals surface area contributed by atoms with Crippen LogP contribution in [0, 0.1) is 0 Å². The van der Waals surface area contributed by atoms with E-state index in [0.717, 1.165) is 25.6 Å². The lowest BCUT2D eigenvalue weighted by Crippen LogP contribution is -2.31. The maximum Gasteiger partial charge on any atom is 0.243 e. The van der Waals surface area contributed by atoms with Crippen LogP contribution in [0.5, 0.6) is 0 Å². The molecular formula is C12H23N7. The molecule has 0 bridgehead atoms. The summed E-state index contributed by atoms with van der Waals surface area (Å²) in [5.41, 5.74) is 2.53. The average Bonchev–Trinajstić information content (AvgIpc) is 2.86. The number of aromatic nitrogens is 3. The number of nitrogens with two attached hydrogens (primary N) is 1. The topological polar surface area (TPSA) is 83.2 Å². The highest BCUT2D eigenvalue weighted by Gasteiger charge is 2.24. The molecule has 2 heterocycles. The van der Waals surface area contributed by atoms with Gasteiger partial charge < -0.3 is 9.80 Å². The van der Waals surface area contributed by atoms with Crippen LogP contribution in [0.4, 0.5) is 17.8 Å². The molecule has 1 aliphatic heterocycles. The van der Waals surface area contributed by atoms with Gasteiger partial charge in [0.05, 0.1) is 0 Å². The van der Waals surface area contributed by atoms with Crippen LogP contribution in [0.1, 0.15) is 33.6 Å². The first-order chi connectivity index (χ1) is 9.19. The molecule has 7 nitrogen and oxygen atoms in total. The number of nitrogens with one attached hydrogen (secondary N) is 1. The predicted molar refractivity (Wildman–Crippen MR) is 77.2 cm³/mol. The molecule has 1 aromatic rings. The van der Waals surface area contributed by atoms with Gasteiger partial charge in [0.1, 0.15) is 0 Å². The first-order valence-electron chi connectivity index (χ1n) is 6.93. The number of hydrogen-bond acceptors (Lipinski definition) is 7. The minimum atomic E-state index is 0.422. The van der Waals surface area contributed by atoms with Gasteiger partial charge in [-0.25, -0.2) is 5.84 Å². The van der Waals surface area contributed by atoms with Crippen molar-refractivity contribution < 1.29 is 0 Å². The average molecular weight is 265 g/mol. The van der Waals surface area contributed by atoms with Gasteiger partial charge in [0.25, 0.3) is 0 Å². The van der Waals surface area contributed by atoms with E-state index in [1.807, 2.05) is 0 Å². The van der Waals surface area contributed by atoms with Crippen LogP contribution in [0.15, 0.2) is 0 Å². The number of rotatable bonds is 5. The molecule has 0 radical (unpaired) electrons. The summed E-state index contributed by atoms with van der Waals surface area (Å²) in [5, 5.41) is 0. The Morgan fingerprint density at radius 3 is 2.58 bits per heavy atom. The molecule has 0 amide bonds. The van der Waals surface area contributed by atoms with E-state index >= 15 is 0 Å². The molecule has 0 aromatic carbocycles. The van der Waals surface area contributed by atoms with E-state index in [4.69, 9.17) is 5.84 Å². The highest BCUT2D eigenvalue weighted by molar-refractivity contribution is 5.45. The summed E-state index contributed by atoms with van der Waals surface area (Å²) in [5.74, 6) is 7.29. The van der Waals surface area contributed by atoms with Crippen LogP contribution in [0.25, 0.3) is 0 Å². The number of hydrazine groups is 1. The smallest absolute Gasteiger partial charge is 0.243 e. The van der Waals surface area contributed by atoms with E-state index in [9.17, 15) is 0 Å². The van der Waals surface area contributed by atoms with Crippen molar-refractivity contribution in [2.24, 2.45) is 5.84 Å². The van der Waals surface area contributed by atoms with Gasteiger partial charge in [-0.2, -0.15) is 15.0 Å². The SMILES string of the molecule is CCN(CC)c1nc(NN)nc(N2CCCC2C)n1. The largest absolute Gasteiger partial charge is 0.341 e. The Bertz CT molecular complexity index is 419. The Labute approximate surface area is 114 Å². The fourth-order valence-electron chi connectivity index (χ4n) is 2.43. The Morgan fingerprint density at radius 2 is 2.05 bits per heavy atom. The van der Waals surface area contributed by atoms with Gasteiger partial charge in [0.2, 0.25) is 17.8 Å². The third-order valence-electron chi connectivity index (χ3n) is 3.60. The highest BCUT2D eigenvalue weighted by Crippen LogP contribution is 2.24. The van der Waals surface area contributed by atoms with E-state index in [1.54, 1.807) is 0 Å². The van der Waals surface area contributed by atoms with Crippen molar-refractivity contribution in [3.63, 3.8) is 0 Å². The van der Waals surface area contributed by atoms with Crippen molar-refractivity contribution in [1.29, 1.82) is 0 Å². The lowest BCUT2D eigenvalue weighted by Gasteiger charge is -2.24. The summed E-state index contributed by atoms with van der Waals surface area (Å²) in [7, 11) is 0. The summed E-state index contributed by atoms with van der Waals surface area (Å²) in [6.07, 6.45) is 2.36. The van der Waals surface area contributed by atoms with Crippen LogP contribution >= 0.6 is 0 Å². The van der Waals surface area contributed by atoms with Crippen LogP contribution in [-0.2, 0) is 0 Å². The van der Waals surface area contributed by atoms with Crippen molar-refractivity contribution in [3.05, 3.63) is 0 Å². The molecule has 1 fully saturated rings. The second-order valence-corrected chi connectivity index (χ2v) is 4.76. The molecule has 0 spiro atoms. The van der Waals surface area contributed by atoms with Crippen LogP contribution < -0.4 is 21.1 Å². The molecule has 1 saturated heterocycles. The Hall–Kier alpha value is -1.63. The molecule has 106 valence electrons. The predicted octanol–water partition coefficient (Wildman–Crippen LogP) is 0.992. The van der Waals surface area contributed by atoms with Gasteiger partial charge in [0.15, 0.2) is 0 Å². The summed E-state index contributed by atoms with van der Waals surface area (Å²) >= 11 is 0. The second kappa shape index (κ2) is 6.01. The van der Waals surface area contributed by atoms with Crippen LogP contribution in [-0.4, -0.2) is 40.6 Å². The standard InChI is InChI=1S/C12H23N7/c1-4-18(5-2)11-14-10(17-13)15-12(16-11)19-8-6-7-9(19)3/h9H,4-8,13H2,1-3H3,(H,14,15,16,17). The minimum absolute atomic E-state index is 0.422. The maximum absolute atomic E-state index is 5.46. The van der Waals surface area contributed by atoms with Gasteiger partial charge >= 0.3 is 0 Å². The highest BCUT2D eigenvalue weighted by atomic mass is 15.4. The van der Waals surface area contributed by atoms with Gasteiger partial charge in [-0.15, -0.1) is 0 Å². The van der Waals surface area contributed by atoms with Gasteiger partial charge in [-0.05, 0) is 33.6 Å². The fourth-order valence-corrected chi connectivity index (χ4v) is 2.43. The lowest BCUT2D eigenvalue weighted by molar-refractivity contribution is 0.709. The monoisotopic (exact) mass is 265 g/mol. The van der Waals surface area contributed by atoms with Crippen molar-refractivity contribution in [2.45, 2.75) is 39.7 Å². The lowest BCUT2D eigenvalue weighted by atomic mass is 10.2. The molecule has 1 aliphatic rings. The first kappa shape index (κ1) is 13.8. The Balaban J connectivity index is 2.35.